The van der Waals surface area contributed by atoms with Gasteiger partial charge in [0, 0.05) is 38.3 Å². The molecular weight excluding hydrogens is 210 g/mol. The summed E-state index contributed by atoms with van der Waals surface area (Å²) in [4.78, 5) is 5.18. The Bertz CT molecular complexity index is 216. The molecule has 0 amide bonds. The van der Waals surface area contributed by atoms with E-state index in [1.165, 1.54) is 71.2 Å². The summed E-state index contributed by atoms with van der Waals surface area (Å²) in [5, 5.41) is 0. The molecule has 0 bridgehead atoms. The Hall–Kier alpha value is -0.120. The van der Waals surface area contributed by atoms with E-state index in [1.807, 2.05) is 0 Å². The maximum atomic E-state index is 6.53. The fourth-order valence-corrected chi connectivity index (χ4v) is 3.35. The third-order valence-corrected chi connectivity index (χ3v) is 4.39. The van der Waals surface area contributed by atoms with Crippen LogP contribution in [0.25, 0.3) is 0 Å². The number of piperazine rings is 1. The Morgan fingerprint density at radius 2 is 1.53 bits per heavy atom. The zero-order chi connectivity index (χ0) is 12.1. The fraction of sp³-hybridized carbons (Fsp3) is 1.00. The van der Waals surface area contributed by atoms with Crippen LogP contribution in [0.2, 0.25) is 0 Å². The van der Waals surface area contributed by atoms with Crippen LogP contribution >= 0.6 is 0 Å². The van der Waals surface area contributed by atoms with E-state index in [2.05, 4.69) is 16.7 Å². The standard InChI is InChI=1S/C14H29N3/c1-2-8-16-9-11-17(12-10-16)13-14(15)6-4-3-5-7-14/h2-13,15H2,1H3. The van der Waals surface area contributed by atoms with E-state index in [9.17, 15) is 0 Å². The second kappa shape index (κ2) is 6.17. The summed E-state index contributed by atoms with van der Waals surface area (Å²) in [7, 11) is 0. The molecule has 0 unspecified atom stereocenters. The van der Waals surface area contributed by atoms with Gasteiger partial charge in [-0.2, -0.15) is 0 Å². The SMILES string of the molecule is CCCN1CCN(CC2(N)CCCCC2)CC1. The van der Waals surface area contributed by atoms with Crippen LogP contribution in [-0.2, 0) is 0 Å². The van der Waals surface area contributed by atoms with E-state index in [1.54, 1.807) is 0 Å². The molecule has 0 atom stereocenters. The number of nitrogens with zero attached hydrogens (tertiary/aromatic N) is 2. The first kappa shape index (κ1) is 13.3. The van der Waals surface area contributed by atoms with Gasteiger partial charge in [0.15, 0.2) is 0 Å². The molecule has 3 nitrogen and oxygen atoms in total. The van der Waals surface area contributed by atoms with Gasteiger partial charge >= 0.3 is 0 Å². The number of nitrogens with two attached hydrogens (primary N) is 1. The lowest BCUT2D eigenvalue weighted by Gasteiger charge is -2.41. The Balaban J connectivity index is 1.73. The molecule has 0 spiro atoms. The molecule has 1 saturated carbocycles. The van der Waals surface area contributed by atoms with Crippen molar-refractivity contribution in [2.45, 2.75) is 51.0 Å². The largest absolute Gasteiger partial charge is 0.324 e. The maximum Gasteiger partial charge on any atom is 0.0283 e. The van der Waals surface area contributed by atoms with Gasteiger partial charge in [0.05, 0.1) is 0 Å². The Morgan fingerprint density at radius 1 is 0.941 bits per heavy atom. The predicted molar refractivity (Wildman–Crippen MR) is 73.2 cm³/mol. The van der Waals surface area contributed by atoms with E-state index in [4.69, 9.17) is 5.73 Å². The average molecular weight is 239 g/mol. The molecule has 2 rings (SSSR count). The van der Waals surface area contributed by atoms with E-state index in [0.29, 0.717) is 0 Å². The summed E-state index contributed by atoms with van der Waals surface area (Å²) in [6.45, 7) is 9.59. The molecule has 2 aliphatic rings. The molecule has 1 aliphatic carbocycles. The van der Waals surface area contributed by atoms with E-state index < -0.39 is 0 Å². The number of hydrogen-bond acceptors (Lipinski definition) is 3. The molecule has 1 heterocycles. The Kier molecular flexibility index (Phi) is 4.83. The summed E-state index contributed by atoms with van der Waals surface area (Å²) in [5.41, 5.74) is 6.66. The molecule has 0 aromatic carbocycles. The second-order valence-electron chi connectivity index (χ2n) is 6.04. The van der Waals surface area contributed by atoms with Crippen LogP contribution in [0.1, 0.15) is 45.4 Å². The lowest BCUT2D eigenvalue weighted by molar-refractivity contribution is 0.0989. The van der Waals surface area contributed by atoms with Crippen LogP contribution in [0.4, 0.5) is 0 Å². The average Bonchev–Trinajstić information content (AvgIpc) is 2.33. The maximum absolute atomic E-state index is 6.53. The van der Waals surface area contributed by atoms with Crippen LogP contribution < -0.4 is 5.73 Å². The molecule has 1 aliphatic heterocycles. The molecule has 17 heavy (non-hydrogen) atoms. The summed E-state index contributed by atoms with van der Waals surface area (Å²) in [6.07, 6.45) is 7.83. The fourth-order valence-electron chi connectivity index (χ4n) is 3.35. The van der Waals surface area contributed by atoms with Crippen molar-refractivity contribution in [2.24, 2.45) is 5.73 Å². The van der Waals surface area contributed by atoms with Gasteiger partial charge in [-0.15, -0.1) is 0 Å². The van der Waals surface area contributed by atoms with Crippen LogP contribution in [0.3, 0.4) is 0 Å². The number of rotatable bonds is 4. The van der Waals surface area contributed by atoms with Crippen molar-refractivity contribution in [3.63, 3.8) is 0 Å². The van der Waals surface area contributed by atoms with Crippen LogP contribution in [0, 0.1) is 0 Å². The molecule has 1 saturated heterocycles. The lowest BCUT2D eigenvalue weighted by Crippen LogP contribution is -2.56. The van der Waals surface area contributed by atoms with Gasteiger partial charge in [0.1, 0.15) is 0 Å². The molecule has 3 heteroatoms. The summed E-state index contributed by atoms with van der Waals surface area (Å²) >= 11 is 0. The first-order valence-electron chi connectivity index (χ1n) is 7.45. The van der Waals surface area contributed by atoms with Crippen molar-refractivity contribution in [2.75, 3.05) is 39.3 Å². The van der Waals surface area contributed by atoms with Crippen LogP contribution in [0.15, 0.2) is 0 Å². The molecular formula is C14H29N3. The zero-order valence-electron chi connectivity index (χ0n) is 11.5. The normalized spacial score (nSPS) is 27.2. The summed E-state index contributed by atoms with van der Waals surface area (Å²) < 4.78 is 0. The van der Waals surface area contributed by atoms with Gasteiger partial charge < -0.3 is 10.6 Å². The molecule has 2 fully saturated rings. The van der Waals surface area contributed by atoms with Crippen molar-refractivity contribution >= 4 is 0 Å². The third kappa shape index (κ3) is 3.94. The zero-order valence-corrected chi connectivity index (χ0v) is 11.5. The van der Waals surface area contributed by atoms with E-state index in [-0.39, 0.29) is 5.54 Å². The van der Waals surface area contributed by atoms with Crippen molar-refractivity contribution in [1.82, 2.24) is 9.80 Å². The summed E-state index contributed by atoms with van der Waals surface area (Å²) in [6, 6.07) is 0. The van der Waals surface area contributed by atoms with Crippen molar-refractivity contribution in [1.29, 1.82) is 0 Å². The first-order valence-corrected chi connectivity index (χ1v) is 7.45. The molecule has 100 valence electrons. The Morgan fingerprint density at radius 3 is 2.12 bits per heavy atom. The minimum Gasteiger partial charge on any atom is -0.324 e. The molecule has 0 radical (unpaired) electrons. The highest BCUT2D eigenvalue weighted by atomic mass is 15.3. The van der Waals surface area contributed by atoms with Gasteiger partial charge in [0.2, 0.25) is 0 Å². The minimum atomic E-state index is 0.130. The highest BCUT2D eigenvalue weighted by Crippen LogP contribution is 2.26. The van der Waals surface area contributed by atoms with Gasteiger partial charge in [0.25, 0.3) is 0 Å². The monoisotopic (exact) mass is 239 g/mol. The predicted octanol–water partition coefficient (Wildman–Crippen LogP) is 1.68. The van der Waals surface area contributed by atoms with Crippen molar-refractivity contribution < 1.29 is 0 Å². The highest BCUT2D eigenvalue weighted by Gasteiger charge is 2.30. The van der Waals surface area contributed by atoms with Crippen molar-refractivity contribution in [3.05, 3.63) is 0 Å². The quantitative estimate of drug-likeness (QED) is 0.810. The van der Waals surface area contributed by atoms with Gasteiger partial charge in [-0.3, -0.25) is 4.90 Å². The Labute approximate surface area is 106 Å². The smallest absolute Gasteiger partial charge is 0.0283 e. The van der Waals surface area contributed by atoms with Crippen LogP contribution in [0.5, 0.6) is 0 Å². The first-order chi connectivity index (χ1) is 8.22. The van der Waals surface area contributed by atoms with Crippen LogP contribution in [-0.4, -0.2) is 54.6 Å². The summed E-state index contributed by atoms with van der Waals surface area (Å²) in [5.74, 6) is 0. The second-order valence-corrected chi connectivity index (χ2v) is 6.04. The minimum absolute atomic E-state index is 0.130. The van der Waals surface area contributed by atoms with Crippen molar-refractivity contribution in [3.8, 4) is 0 Å². The van der Waals surface area contributed by atoms with Gasteiger partial charge in [-0.05, 0) is 25.8 Å². The molecule has 0 aromatic rings. The third-order valence-electron chi connectivity index (χ3n) is 4.39. The number of hydrogen-bond donors (Lipinski definition) is 1. The molecule has 0 aromatic heterocycles. The van der Waals surface area contributed by atoms with E-state index in [0.717, 1.165) is 6.54 Å². The highest BCUT2D eigenvalue weighted by molar-refractivity contribution is 4.91. The van der Waals surface area contributed by atoms with Gasteiger partial charge in [-0.25, -0.2) is 0 Å². The van der Waals surface area contributed by atoms with Gasteiger partial charge in [-0.1, -0.05) is 26.2 Å². The van der Waals surface area contributed by atoms with E-state index >= 15 is 0 Å². The molecule has 2 N–H and O–H groups in total. The lowest BCUT2D eigenvalue weighted by atomic mass is 9.82. The topological polar surface area (TPSA) is 32.5 Å².